The summed E-state index contributed by atoms with van der Waals surface area (Å²) in [5, 5.41) is 2.08. The molecule has 0 aliphatic rings. The Kier molecular flexibility index (Phi) is 4.79. The molecule has 0 aliphatic heterocycles. The number of ether oxygens (including phenoxy) is 1. The molecule has 1 aromatic heterocycles. The normalized spacial score (nSPS) is 12.3. The number of aryl methyl sites for hydroxylation is 1. The predicted octanol–water partition coefficient (Wildman–Crippen LogP) is 3.43. The molecule has 2 N–H and O–H groups in total. The van der Waals surface area contributed by atoms with Gasteiger partial charge in [0, 0.05) is 17.3 Å². The standard InChI is InChI=1S/C15H19NOS/c1-2-12-6-3-4-7-14(12)17-11-13(10-16)15-8-5-9-18-15/h3-9,13H,2,10-11,16H2,1H3. The van der Waals surface area contributed by atoms with Gasteiger partial charge in [-0.2, -0.15) is 0 Å². The van der Waals surface area contributed by atoms with Crippen LogP contribution in [-0.4, -0.2) is 13.2 Å². The first-order chi connectivity index (χ1) is 8.85. The van der Waals surface area contributed by atoms with E-state index in [2.05, 4.69) is 30.5 Å². The lowest BCUT2D eigenvalue weighted by Crippen LogP contribution is -2.19. The lowest BCUT2D eigenvalue weighted by molar-refractivity contribution is 0.289. The van der Waals surface area contributed by atoms with Crippen LogP contribution in [0.2, 0.25) is 0 Å². The number of nitrogens with two attached hydrogens (primary N) is 1. The van der Waals surface area contributed by atoms with Crippen LogP contribution >= 0.6 is 11.3 Å². The van der Waals surface area contributed by atoms with Crippen LogP contribution in [0, 0.1) is 0 Å². The number of rotatable bonds is 6. The summed E-state index contributed by atoms with van der Waals surface area (Å²) in [5.41, 5.74) is 7.07. The molecule has 1 unspecified atom stereocenters. The molecule has 96 valence electrons. The van der Waals surface area contributed by atoms with Crippen LogP contribution in [0.15, 0.2) is 41.8 Å². The SMILES string of the molecule is CCc1ccccc1OCC(CN)c1cccs1. The Morgan fingerprint density at radius 2 is 2.06 bits per heavy atom. The van der Waals surface area contributed by atoms with Gasteiger partial charge in [0.15, 0.2) is 0 Å². The number of hydrogen-bond acceptors (Lipinski definition) is 3. The van der Waals surface area contributed by atoms with Crippen molar-refractivity contribution in [2.24, 2.45) is 5.73 Å². The molecule has 18 heavy (non-hydrogen) atoms. The summed E-state index contributed by atoms with van der Waals surface area (Å²) in [6, 6.07) is 12.4. The molecule has 0 aliphatic carbocycles. The Morgan fingerprint density at radius 3 is 2.72 bits per heavy atom. The second-order valence-corrected chi connectivity index (χ2v) is 5.20. The van der Waals surface area contributed by atoms with Gasteiger partial charge in [-0.1, -0.05) is 31.2 Å². The first kappa shape index (κ1) is 13.1. The van der Waals surface area contributed by atoms with Crippen molar-refractivity contribution in [2.75, 3.05) is 13.2 Å². The first-order valence-electron chi connectivity index (χ1n) is 6.29. The molecule has 0 spiro atoms. The fourth-order valence-electron chi connectivity index (χ4n) is 1.92. The van der Waals surface area contributed by atoms with Crippen molar-refractivity contribution >= 4 is 11.3 Å². The summed E-state index contributed by atoms with van der Waals surface area (Å²) in [5.74, 6) is 1.27. The maximum Gasteiger partial charge on any atom is 0.122 e. The summed E-state index contributed by atoms with van der Waals surface area (Å²) in [6.45, 7) is 3.41. The third kappa shape index (κ3) is 3.12. The molecule has 0 radical (unpaired) electrons. The zero-order chi connectivity index (χ0) is 12.8. The average Bonchev–Trinajstić information content (AvgIpc) is 2.94. The molecule has 2 nitrogen and oxygen atoms in total. The van der Waals surface area contributed by atoms with Gasteiger partial charge in [-0.15, -0.1) is 11.3 Å². The van der Waals surface area contributed by atoms with E-state index in [0.29, 0.717) is 13.2 Å². The maximum absolute atomic E-state index is 5.93. The van der Waals surface area contributed by atoms with E-state index in [9.17, 15) is 0 Å². The molecule has 0 bridgehead atoms. The van der Waals surface area contributed by atoms with Crippen molar-refractivity contribution in [3.63, 3.8) is 0 Å². The summed E-state index contributed by atoms with van der Waals surface area (Å²) < 4.78 is 5.93. The topological polar surface area (TPSA) is 35.2 Å². The van der Waals surface area contributed by atoms with E-state index in [1.807, 2.05) is 18.2 Å². The summed E-state index contributed by atoms with van der Waals surface area (Å²) in [7, 11) is 0. The molecule has 2 rings (SSSR count). The molecular formula is C15H19NOS. The highest BCUT2D eigenvalue weighted by Crippen LogP contribution is 2.24. The Bertz CT molecular complexity index is 467. The van der Waals surface area contributed by atoms with Crippen molar-refractivity contribution in [2.45, 2.75) is 19.3 Å². The molecule has 2 aromatic rings. The van der Waals surface area contributed by atoms with Gasteiger partial charge in [-0.25, -0.2) is 0 Å². The van der Waals surface area contributed by atoms with Gasteiger partial charge in [0.05, 0.1) is 6.61 Å². The predicted molar refractivity (Wildman–Crippen MR) is 77.4 cm³/mol. The molecule has 0 saturated carbocycles. The number of thiophene rings is 1. The van der Waals surface area contributed by atoms with E-state index in [0.717, 1.165) is 12.2 Å². The third-order valence-electron chi connectivity index (χ3n) is 3.02. The second-order valence-electron chi connectivity index (χ2n) is 4.22. The lowest BCUT2D eigenvalue weighted by atomic mass is 10.1. The highest BCUT2D eigenvalue weighted by Gasteiger charge is 2.12. The molecular weight excluding hydrogens is 242 g/mol. The summed E-state index contributed by atoms with van der Waals surface area (Å²) >= 11 is 1.74. The molecule has 1 heterocycles. The first-order valence-corrected chi connectivity index (χ1v) is 7.17. The number of benzene rings is 1. The van der Waals surface area contributed by atoms with Crippen LogP contribution in [-0.2, 0) is 6.42 Å². The van der Waals surface area contributed by atoms with E-state index in [1.165, 1.54) is 10.4 Å². The van der Waals surface area contributed by atoms with E-state index >= 15 is 0 Å². The highest BCUT2D eigenvalue weighted by atomic mass is 32.1. The van der Waals surface area contributed by atoms with Crippen LogP contribution in [0.25, 0.3) is 0 Å². The highest BCUT2D eigenvalue weighted by molar-refractivity contribution is 7.10. The van der Waals surface area contributed by atoms with Gasteiger partial charge in [0.2, 0.25) is 0 Å². The van der Waals surface area contributed by atoms with E-state index in [-0.39, 0.29) is 5.92 Å². The molecule has 1 aromatic carbocycles. The smallest absolute Gasteiger partial charge is 0.122 e. The fraction of sp³-hybridized carbons (Fsp3) is 0.333. The fourth-order valence-corrected chi connectivity index (χ4v) is 2.75. The maximum atomic E-state index is 5.93. The van der Waals surface area contributed by atoms with E-state index < -0.39 is 0 Å². The summed E-state index contributed by atoms with van der Waals surface area (Å²) in [4.78, 5) is 1.30. The van der Waals surface area contributed by atoms with Gasteiger partial charge < -0.3 is 10.5 Å². The second kappa shape index (κ2) is 6.57. The molecule has 0 amide bonds. The van der Waals surface area contributed by atoms with Gasteiger partial charge in [0.25, 0.3) is 0 Å². The van der Waals surface area contributed by atoms with Crippen LogP contribution in [0.5, 0.6) is 5.75 Å². The van der Waals surface area contributed by atoms with Gasteiger partial charge in [-0.3, -0.25) is 0 Å². The minimum absolute atomic E-state index is 0.287. The number of hydrogen-bond donors (Lipinski definition) is 1. The van der Waals surface area contributed by atoms with Gasteiger partial charge in [0.1, 0.15) is 5.75 Å². The van der Waals surface area contributed by atoms with Crippen molar-refractivity contribution < 1.29 is 4.74 Å². The largest absolute Gasteiger partial charge is 0.493 e. The lowest BCUT2D eigenvalue weighted by Gasteiger charge is -2.16. The molecule has 1 atom stereocenters. The monoisotopic (exact) mass is 261 g/mol. The summed E-state index contributed by atoms with van der Waals surface area (Å²) in [6.07, 6.45) is 0.989. The van der Waals surface area contributed by atoms with Crippen molar-refractivity contribution in [3.8, 4) is 5.75 Å². The van der Waals surface area contributed by atoms with Gasteiger partial charge >= 0.3 is 0 Å². The van der Waals surface area contributed by atoms with E-state index in [1.54, 1.807) is 11.3 Å². The van der Waals surface area contributed by atoms with Crippen molar-refractivity contribution in [1.82, 2.24) is 0 Å². The van der Waals surface area contributed by atoms with Crippen LogP contribution in [0.4, 0.5) is 0 Å². The van der Waals surface area contributed by atoms with Crippen LogP contribution in [0.1, 0.15) is 23.3 Å². The van der Waals surface area contributed by atoms with Crippen molar-refractivity contribution in [3.05, 3.63) is 52.2 Å². The minimum atomic E-state index is 0.287. The number of para-hydroxylation sites is 1. The minimum Gasteiger partial charge on any atom is -0.493 e. The van der Waals surface area contributed by atoms with Crippen LogP contribution in [0.3, 0.4) is 0 Å². The molecule has 0 saturated heterocycles. The Hall–Kier alpha value is -1.32. The Morgan fingerprint density at radius 1 is 1.22 bits per heavy atom. The van der Waals surface area contributed by atoms with Gasteiger partial charge in [-0.05, 0) is 29.5 Å². The van der Waals surface area contributed by atoms with E-state index in [4.69, 9.17) is 10.5 Å². The third-order valence-corrected chi connectivity index (χ3v) is 4.06. The van der Waals surface area contributed by atoms with Crippen molar-refractivity contribution in [1.29, 1.82) is 0 Å². The Labute approximate surface area is 112 Å². The zero-order valence-electron chi connectivity index (χ0n) is 10.6. The molecule has 0 fully saturated rings. The quantitative estimate of drug-likeness (QED) is 0.864. The zero-order valence-corrected chi connectivity index (χ0v) is 11.5. The Balaban J connectivity index is 2.02. The average molecular weight is 261 g/mol. The van der Waals surface area contributed by atoms with Crippen LogP contribution < -0.4 is 10.5 Å². The molecule has 3 heteroatoms.